The van der Waals surface area contributed by atoms with Gasteiger partial charge in [0, 0.05) is 22.6 Å². The van der Waals surface area contributed by atoms with E-state index in [0.29, 0.717) is 5.25 Å². The van der Waals surface area contributed by atoms with Crippen molar-refractivity contribution >= 4 is 23.4 Å². The van der Waals surface area contributed by atoms with E-state index in [4.69, 9.17) is 16.7 Å². The molecule has 1 aromatic carbocycles. The van der Waals surface area contributed by atoms with Crippen molar-refractivity contribution in [3.05, 3.63) is 34.3 Å². The van der Waals surface area contributed by atoms with Gasteiger partial charge in [-0.1, -0.05) is 30.7 Å². The van der Waals surface area contributed by atoms with Crippen LogP contribution in [0.4, 0.5) is 0 Å². The van der Waals surface area contributed by atoms with Gasteiger partial charge in [-0.3, -0.25) is 0 Å². The van der Waals surface area contributed by atoms with Crippen LogP contribution in [0.3, 0.4) is 0 Å². The quantitative estimate of drug-likeness (QED) is 0.853. The van der Waals surface area contributed by atoms with Crippen LogP contribution in [0.25, 0.3) is 0 Å². The van der Waals surface area contributed by atoms with E-state index in [2.05, 4.69) is 19.1 Å². The first-order valence-corrected chi connectivity index (χ1v) is 6.53. The molecule has 0 radical (unpaired) electrons. The number of thioether (sulfide) groups is 1. The van der Waals surface area contributed by atoms with Gasteiger partial charge in [-0.25, -0.2) is 0 Å². The number of hydrogen-bond donors (Lipinski definition) is 1. The molecule has 84 valence electrons. The van der Waals surface area contributed by atoms with E-state index in [1.807, 2.05) is 24.8 Å². The number of halogens is 1. The maximum Gasteiger partial charge on any atom is 0.0441 e. The van der Waals surface area contributed by atoms with Gasteiger partial charge < -0.3 is 5.11 Å². The smallest absolute Gasteiger partial charge is 0.0441 e. The highest BCUT2D eigenvalue weighted by atomic mass is 35.5. The van der Waals surface area contributed by atoms with Crippen LogP contribution in [0.1, 0.15) is 24.5 Å². The molecule has 0 aliphatic heterocycles. The minimum atomic E-state index is 0.272. The van der Waals surface area contributed by atoms with E-state index >= 15 is 0 Å². The first-order valence-electron chi connectivity index (χ1n) is 5.11. The fourth-order valence-corrected chi connectivity index (χ4v) is 2.35. The number of rotatable bonds is 5. The topological polar surface area (TPSA) is 20.2 Å². The zero-order valence-corrected chi connectivity index (χ0v) is 10.7. The molecule has 1 rings (SSSR count). The van der Waals surface area contributed by atoms with Gasteiger partial charge in [-0.15, -0.1) is 0 Å². The lowest BCUT2D eigenvalue weighted by molar-refractivity contribution is 0.289. The third kappa shape index (κ3) is 4.45. The van der Waals surface area contributed by atoms with Gasteiger partial charge in [0.05, 0.1) is 0 Å². The summed E-state index contributed by atoms with van der Waals surface area (Å²) in [7, 11) is 0. The SMILES string of the molecule is Cc1cc(CSC(C)CCO)ccc1Cl. The van der Waals surface area contributed by atoms with Crippen molar-refractivity contribution in [2.75, 3.05) is 6.61 Å². The third-order valence-corrected chi connectivity index (χ3v) is 4.02. The van der Waals surface area contributed by atoms with Crippen LogP contribution in [-0.2, 0) is 5.75 Å². The normalized spacial score (nSPS) is 12.8. The Bertz CT molecular complexity index is 314. The van der Waals surface area contributed by atoms with E-state index in [-0.39, 0.29) is 6.61 Å². The number of hydrogen-bond acceptors (Lipinski definition) is 2. The molecule has 15 heavy (non-hydrogen) atoms. The molecule has 1 aromatic rings. The lowest BCUT2D eigenvalue weighted by atomic mass is 10.2. The van der Waals surface area contributed by atoms with Crippen LogP contribution in [0.2, 0.25) is 5.02 Å². The molecule has 0 bridgehead atoms. The summed E-state index contributed by atoms with van der Waals surface area (Å²) in [6.07, 6.45) is 0.858. The van der Waals surface area contributed by atoms with Crippen molar-refractivity contribution in [1.82, 2.24) is 0 Å². The first-order chi connectivity index (χ1) is 7.13. The predicted molar refractivity (Wildman–Crippen MR) is 68.6 cm³/mol. The minimum Gasteiger partial charge on any atom is -0.396 e. The van der Waals surface area contributed by atoms with E-state index in [9.17, 15) is 0 Å². The van der Waals surface area contributed by atoms with Gasteiger partial charge in [-0.2, -0.15) is 11.8 Å². The molecule has 0 heterocycles. The Morgan fingerprint density at radius 3 is 2.80 bits per heavy atom. The summed E-state index contributed by atoms with van der Waals surface area (Å²) >= 11 is 7.82. The van der Waals surface area contributed by atoms with Crippen molar-refractivity contribution in [1.29, 1.82) is 0 Å². The van der Waals surface area contributed by atoms with Crippen LogP contribution in [-0.4, -0.2) is 17.0 Å². The number of aryl methyl sites for hydroxylation is 1. The van der Waals surface area contributed by atoms with Crippen LogP contribution in [0.15, 0.2) is 18.2 Å². The van der Waals surface area contributed by atoms with Gasteiger partial charge in [-0.05, 0) is 30.5 Å². The van der Waals surface area contributed by atoms with Crippen LogP contribution >= 0.6 is 23.4 Å². The molecule has 1 nitrogen and oxygen atoms in total. The lowest BCUT2D eigenvalue weighted by Crippen LogP contribution is -1.99. The molecule has 0 saturated carbocycles. The molecule has 3 heteroatoms. The Kier molecular flexibility index (Phi) is 5.51. The summed E-state index contributed by atoms with van der Waals surface area (Å²) in [5.41, 5.74) is 2.43. The molecule has 0 saturated heterocycles. The Labute approximate surface area is 101 Å². The number of aliphatic hydroxyl groups is 1. The van der Waals surface area contributed by atoms with E-state index in [0.717, 1.165) is 22.8 Å². The zero-order chi connectivity index (χ0) is 11.3. The van der Waals surface area contributed by atoms with Crippen molar-refractivity contribution in [2.24, 2.45) is 0 Å². The highest BCUT2D eigenvalue weighted by Crippen LogP contribution is 2.23. The molecule has 0 aromatic heterocycles. The van der Waals surface area contributed by atoms with Crippen molar-refractivity contribution in [3.8, 4) is 0 Å². The highest BCUT2D eigenvalue weighted by Gasteiger charge is 2.03. The molecule has 0 aliphatic rings. The second-order valence-electron chi connectivity index (χ2n) is 3.72. The number of benzene rings is 1. The summed E-state index contributed by atoms with van der Waals surface area (Å²) in [6.45, 7) is 4.44. The van der Waals surface area contributed by atoms with Gasteiger partial charge >= 0.3 is 0 Å². The largest absolute Gasteiger partial charge is 0.396 e. The average Bonchev–Trinajstić information content (AvgIpc) is 2.20. The van der Waals surface area contributed by atoms with Gasteiger partial charge in [0.25, 0.3) is 0 Å². The first kappa shape index (κ1) is 12.9. The molecule has 0 aliphatic carbocycles. The van der Waals surface area contributed by atoms with E-state index in [1.165, 1.54) is 5.56 Å². The maximum absolute atomic E-state index is 8.78. The third-order valence-electron chi connectivity index (χ3n) is 2.29. The second-order valence-corrected chi connectivity index (χ2v) is 5.55. The summed E-state index contributed by atoms with van der Waals surface area (Å²) < 4.78 is 0. The zero-order valence-electron chi connectivity index (χ0n) is 9.16. The maximum atomic E-state index is 8.78. The predicted octanol–water partition coefficient (Wildman–Crippen LogP) is 3.65. The summed E-state index contributed by atoms with van der Waals surface area (Å²) in [6, 6.07) is 6.14. The molecule has 1 N–H and O–H groups in total. The lowest BCUT2D eigenvalue weighted by Gasteiger charge is -2.09. The molecule has 0 spiro atoms. The molecule has 0 amide bonds. The second kappa shape index (κ2) is 6.41. The summed E-state index contributed by atoms with van der Waals surface area (Å²) in [5.74, 6) is 0.985. The van der Waals surface area contributed by atoms with Crippen molar-refractivity contribution < 1.29 is 5.11 Å². The molecule has 1 atom stereocenters. The molecule has 1 unspecified atom stereocenters. The average molecular weight is 245 g/mol. The molecular formula is C12H17ClOS. The Balaban J connectivity index is 2.47. The van der Waals surface area contributed by atoms with E-state index in [1.54, 1.807) is 0 Å². The Morgan fingerprint density at radius 1 is 1.47 bits per heavy atom. The van der Waals surface area contributed by atoms with Crippen LogP contribution in [0, 0.1) is 6.92 Å². The Hall–Kier alpha value is -0.180. The summed E-state index contributed by atoms with van der Waals surface area (Å²) in [4.78, 5) is 0. The minimum absolute atomic E-state index is 0.272. The standard InChI is InChI=1S/C12H17ClOS/c1-9-7-11(3-4-12(9)13)8-15-10(2)5-6-14/h3-4,7,10,14H,5-6,8H2,1-2H3. The van der Waals surface area contributed by atoms with Gasteiger partial charge in [0.1, 0.15) is 0 Å². The van der Waals surface area contributed by atoms with Gasteiger partial charge in [0.15, 0.2) is 0 Å². The fraction of sp³-hybridized carbons (Fsp3) is 0.500. The summed E-state index contributed by atoms with van der Waals surface area (Å²) in [5, 5.41) is 10.1. The van der Waals surface area contributed by atoms with E-state index < -0.39 is 0 Å². The molecular weight excluding hydrogens is 228 g/mol. The van der Waals surface area contributed by atoms with Crippen LogP contribution in [0.5, 0.6) is 0 Å². The number of aliphatic hydroxyl groups excluding tert-OH is 1. The molecule has 0 fully saturated rings. The van der Waals surface area contributed by atoms with Crippen molar-refractivity contribution in [3.63, 3.8) is 0 Å². The fourth-order valence-electron chi connectivity index (χ4n) is 1.30. The Morgan fingerprint density at radius 2 is 2.20 bits per heavy atom. The van der Waals surface area contributed by atoms with Gasteiger partial charge in [0.2, 0.25) is 0 Å². The van der Waals surface area contributed by atoms with Crippen LogP contribution < -0.4 is 0 Å². The monoisotopic (exact) mass is 244 g/mol. The highest BCUT2D eigenvalue weighted by molar-refractivity contribution is 7.99. The van der Waals surface area contributed by atoms with Crippen molar-refractivity contribution in [2.45, 2.75) is 31.3 Å².